The number of hydrogen-bond donors (Lipinski definition) is 0. The van der Waals surface area contributed by atoms with Crippen molar-refractivity contribution in [3.63, 3.8) is 0 Å². The molecule has 2 aromatic carbocycles. The van der Waals surface area contributed by atoms with Crippen LogP contribution < -0.4 is 4.90 Å². The lowest BCUT2D eigenvalue weighted by Crippen LogP contribution is -2.44. The van der Waals surface area contributed by atoms with Crippen LogP contribution in [0.3, 0.4) is 0 Å². The fourth-order valence-corrected chi connectivity index (χ4v) is 6.18. The summed E-state index contributed by atoms with van der Waals surface area (Å²) in [6.45, 7) is 3.73. The van der Waals surface area contributed by atoms with Gasteiger partial charge in [0.25, 0.3) is 5.91 Å². The summed E-state index contributed by atoms with van der Waals surface area (Å²) < 4.78 is 33.3. The van der Waals surface area contributed by atoms with E-state index in [1.165, 1.54) is 47.7 Å². The Balaban J connectivity index is 1.67. The second kappa shape index (κ2) is 10.1. The van der Waals surface area contributed by atoms with Crippen LogP contribution in [0.5, 0.6) is 0 Å². The summed E-state index contributed by atoms with van der Waals surface area (Å²) in [5.74, 6) is -1.66. The maximum absolute atomic E-state index is 13.6. The molecule has 182 valence electrons. The monoisotopic (exact) mass is 512 g/mol. The van der Waals surface area contributed by atoms with Crippen molar-refractivity contribution >= 4 is 44.8 Å². The molecule has 1 aromatic heterocycles. The van der Waals surface area contributed by atoms with E-state index in [0.717, 1.165) is 19.6 Å². The molecule has 4 rings (SSSR count). The van der Waals surface area contributed by atoms with Crippen molar-refractivity contribution in [1.82, 2.24) is 4.31 Å². The van der Waals surface area contributed by atoms with E-state index >= 15 is 0 Å². The summed E-state index contributed by atoms with van der Waals surface area (Å²) in [5.41, 5.74) is 1.45. The molecule has 1 aliphatic heterocycles. The topological polar surface area (TPSA) is 101 Å². The quantitative estimate of drug-likeness (QED) is 0.337. The minimum atomic E-state index is -4.08. The van der Waals surface area contributed by atoms with Crippen molar-refractivity contribution in [2.75, 3.05) is 11.5 Å². The summed E-state index contributed by atoms with van der Waals surface area (Å²) in [6.07, 6.45) is -0.283. The number of nitrogens with zero attached hydrogens (tertiary/aromatic N) is 2. The average molecular weight is 513 g/mol. The Kier molecular flexibility index (Phi) is 7.15. The highest BCUT2D eigenvalue weighted by Gasteiger charge is 2.47. The number of benzene rings is 2. The fraction of sp³-hybridized carbons (Fsp3) is 0.240. The Morgan fingerprint density at radius 2 is 1.77 bits per heavy atom. The summed E-state index contributed by atoms with van der Waals surface area (Å²) in [4.78, 5) is 40.1. The van der Waals surface area contributed by atoms with Crippen molar-refractivity contribution < 1.29 is 27.5 Å². The molecule has 1 atom stereocenters. The third-order valence-corrected chi connectivity index (χ3v) is 8.36. The maximum Gasteiger partial charge on any atom is 0.338 e. The molecule has 1 unspecified atom stereocenters. The normalized spacial score (nSPS) is 16.2. The maximum atomic E-state index is 13.6. The molecule has 0 radical (unpaired) electrons. The number of anilines is 1. The van der Waals surface area contributed by atoms with Crippen molar-refractivity contribution in [2.24, 2.45) is 0 Å². The summed E-state index contributed by atoms with van der Waals surface area (Å²) >= 11 is 1.37. The van der Waals surface area contributed by atoms with Gasteiger partial charge < -0.3 is 4.74 Å². The predicted molar refractivity (Wildman–Crippen MR) is 132 cm³/mol. The Bertz CT molecular complexity index is 1330. The van der Waals surface area contributed by atoms with E-state index in [1.807, 2.05) is 12.3 Å². The van der Waals surface area contributed by atoms with Gasteiger partial charge in [-0.25, -0.2) is 18.1 Å². The van der Waals surface area contributed by atoms with Gasteiger partial charge in [-0.05, 0) is 61.7 Å². The highest BCUT2D eigenvalue weighted by Crippen LogP contribution is 2.31. The Hall–Kier alpha value is -3.34. The minimum Gasteiger partial charge on any atom is -0.462 e. The highest BCUT2D eigenvalue weighted by molar-refractivity contribution is 7.89. The zero-order valence-corrected chi connectivity index (χ0v) is 20.8. The van der Waals surface area contributed by atoms with Gasteiger partial charge in [-0.2, -0.15) is 4.31 Å². The molecule has 0 saturated carbocycles. The van der Waals surface area contributed by atoms with E-state index in [2.05, 4.69) is 0 Å². The van der Waals surface area contributed by atoms with E-state index in [9.17, 15) is 22.8 Å². The average Bonchev–Trinajstić information content (AvgIpc) is 3.45. The number of sulfonamides is 1. The van der Waals surface area contributed by atoms with Crippen molar-refractivity contribution in [1.29, 1.82) is 0 Å². The van der Waals surface area contributed by atoms with Gasteiger partial charge in [0, 0.05) is 11.4 Å². The molecule has 1 saturated heterocycles. The van der Waals surface area contributed by atoms with E-state index in [0.29, 0.717) is 0 Å². The van der Waals surface area contributed by atoms with Crippen molar-refractivity contribution in [2.45, 2.75) is 37.8 Å². The number of esters is 1. The molecule has 1 fully saturated rings. The van der Waals surface area contributed by atoms with Crippen LogP contribution in [0.25, 0.3) is 0 Å². The third-order valence-electron chi connectivity index (χ3n) is 5.63. The number of hydrogen-bond acceptors (Lipinski definition) is 7. The number of aryl methyl sites for hydroxylation is 1. The van der Waals surface area contributed by atoms with E-state index in [4.69, 9.17) is 4.74 Å². The highest BCUT2D eigenvalue weighted by atomic mass is 32.2. The van der Waals surface area contributed by atoms with Crippen LogP contribution in [-0.2, 0) is 30.9 Å². The van der Waals surface area contributed by atoms with E-state index in [1.54, 1.807) is 31.2 Å². The summed E-state index contributed by atoms with van der Waals surface area (Å²) in [6, 6.07) is 14.7. The van der Waals surface area contributed by atoms with Crippen molar-refractivity contribution in [3.05, 3.63) is 82.0 Å². The molecule has 2 heterocycles. The van der Waals surface area contributed by atoms with Gasteiger partial charge in [-0.3, -0.25) is 9.59 Å². The van der Waals surface area contributed by atoms with Gasteiger partial charge in [-0.15, -0.1) is 11.3 Å². The number of thiophene rings is 1. The van der Waals surface area contributed by atoms with Crippen LogP contribution in [0.15, 0.2) is 70.9 Å². The lowest BCUT2D eigenvalue weighted by molar-refractivity contribution is -0.122. The Morgan fingerprint density at radius 3 is 2.37 bits per heavy atom. The molecule has 0 spiro atoms. The SMILES string of the molecule is CCOC(=O)c1ccc(N2C(=O)CC(N(Cc3cccs3)S(=O)(=O)c3ccc(C)cc3)C2=O)cc1. The van der Waals surface area contributed by atoms with Crippen molar-refractivity contribution in [3.8, 4) is 0 Å². The van der Waals surface area contributed by atoms with Gasteiger partial charge in [0.2, 0.25) is 15.9 Å². The fourth-order valence-electron chi connectivity index (χ4n) is 3.84. The number of ether oxygens (including phenoxy) is 1. The number of imide groups is 1. The number of carbonyl (C=O) groups excluding carboxylic acids is 3. The lowest BCUT2D eigenvalue weighted by Gasteiger charge is -2.26. The summed E-state index contributed by atoms with van der Waals surface area (Å²) in [7, 11) is -4.08. The first-order valence-corrected chi connectivity index (χ1v) is 13.3. The molecule has 0 aliphatic carbocycles. The molecule has 35 heavy (non-hydrogen) atoms. The molecular weight excluding hydrogens is 488 g/mol. The van der Waals surface area contributed by atoms with E-state index in [-0.39, 0.29) is 35.7 Å². The van der Waals surface area contributed by atoms with Gasteiger partial charge >= 0.3 is 5.97 Å². The van der Waals surface area contributed by atoms with Crippen LogP contribution >= 0.6 is 11.3 Å². The largest absolute Gasteiger partial charge is 0.462 e. The first-order valence-electron chi connectivity index (χ1n) is 11.0. The smallest absolute Gasteiger partial charge is 0.338 e. The molecule has 0 N–H and O–H groups in total. The van der Waals surface area contributed by atoms with E-state index < -0.39 is 33.8 Å². The standard InChI is InChI=1S/C25H24N2O6S2/c1-3-33-25(30)18-8-10-19(11-9-18)27-23(28)15-22(24(27)29)26(16-20-5-4-14-34-20)35(31,32)21-12-6-17(2)7-13-21/h4-14,22H,3,15-16H2,1-2H3. The Morgan fingerprint density at radius 1 is 1.09 bits per heavy atom. The minimum absolute atomic E-state index is 0.0345. The lowest BCUT2D eigenvalue weighted by atomic mass is 10.2. The Labute approximate surface area is 207 Å². The number of amides is 2. The van der Waals surface area contributed by atoms with Crippen LogP contribution in [-0.4, -0.2) is 43.2 Å². The molecule has 10 heteroatoms. The van der Waals surface area contributed by atoms with Gasteiger partial charge in [0.15, 0.2) is 0 Å². The van der Waals surface area contributed by atoms with Gasteiger partial charge in [0.1, 0.15) is 6.04 Å². The number of rotatable bonds is 8. The zero-order chi connectivity index (χ0) is 25.2. The predicted octanol–water partition coefficient (Wildman–Crippen LogP) is 3.76. The summed E-state index contributed by atoms with van der Waals surface area (Å²) in [5, 5.41) is 1.82. The molecule has 3 aromatic rings. The molecule has 2 amide bonds. The van der Waals surface area contributed by atoms with Gasteiger partial charge in [-0.1, -0.05) is 23.8 Å². The zero-order valence-electron chi connectivity index (χ0n) is 19.2. The first kappa shape index (κ1) is 24.8. The molecule has 0 bridgehead atoms. The second-order valence-electron chi connectivity index (χ2n) is 8.00. The van der Waals surface area contributed by atoms with Crippen LogP contribution in [0.4, 0.5) is 5.69 Å². The molecular formula is C25H24N2O6S2. The van der Waals surface area contributed by atoms with Gasteiger partial charge in [0.05, 0.1) is 29.2 Å². The molecule has 1 aliphatic rings. The van der Waals surface area contributed by atoms with Crippen LogP contribution in [0.1, 0.15) is 34.1 Å². The molecule has 8 nitrogen and oxygen atoms in total. The van der Waals surface area contributed by atoms with Crippen LogP contribution in [0.2, 0.25) is 0 Å². The number of carbonyl (C=O) groups is 3. The first-order chi connectivity index (χ1) is 16.7. The second-order valence-corrected chi connectivity index (χ2v) is 10.9. The van der Waals surface area contributed by atoms with Crippen LogP contribution in [0, 0.1) is 6.92 Å². The third kappa shape index (κ3) is 5.04.